The summed E-state index contributed by atoms with van der Waals surface area (Å²) in [6.07, 6.45) is 12.2. The Labute approximate surface area is 161 Å². The normalized spacial score (nSPS) is 43.3. The second-order valence-corrected chi connectivity index (χ2v) is 9.61. The van der Waals surface area contributed by atoms with Crippen molar-refractivity contribution >= 4 is 11.4 Å². The summed E-state index contributed by atoms with van der Waals surface area (Å²) >= 11 is 0. The molecule has 2 nitrogen and oxygen atoms in total. The standard InChI is InChI=1S/C24H28FNO/c1-23-10-8-20-17(13-22(25)21-12-16(27)7-9-24(20,21)2)19(23)6-5-18(23)15-4-3-11-26-14-15/h3-5,11-12,14,17,19-20,22H,6-10,13H2,1-2H3/t17-,19-,20-,22+,23+,24+/m0/s1. The van der Waals surface area contributed by atoms with Crippen molar-refractivity contribution in [1.82, 2.24) is 4.98 Å². The van der Waals surface area contributed by atoms with Gasteiger partial charge in [-0.3, -0.25) is 9.78 Å². The minimum Gasteiger partial charge on any atom is -0.295 e. The molecule has 0 bridgehead atoms. The lowest BCUT2D eigenvalue weighted by molar-refractivity contribution is -0.117. The number of hydrogen-bond acceptors (Lipinski definition) is 2. The van der Waals surface area contributed by atoms with Gasteiger partial charge in [-0.2, -0.15) is 0 Å². The largest absolute Gasteiger partial charge is 0.295 e. The zero-order valence-corrected chi connectivity index (χ0v) is 16.2. The van der Waals surface area contributed by atoms with E-state index in [0.717, 1.165) is 31.3 Å². The van der Waals surface area contributed by atoms with Gasteiger partial charge in [0.2, 0.25) is 0 Å². The highest BCUT2D eigenvalue weighted by Crippen LogP contribution is 2.66. The van der Waals surface area contributed by atoms with Gasteiger partial charge in [-0.25, -0.2) is 4.39 Å². The predicted octanol–water partition coefficient (Wildman–Crippen LogP) is 5.55. The fourth-order valence-corrected chi connectivity index (χ4v) is 7.10. The van der Waals surface area contributed by atoms with E-state index in [9.17, 15) is 4.79 Å². The van der Waals surface area contributed by atoms with Gasteiger partial charge in [-0.15, -0.1) is 0 Å². The van der Waals surface area contributed by atoms with Crippen LogP contribution >= 0.6 is 0 Å². The number of allylic oxidation sites excluding steroid dienone is 4. The molecule has 0 amide bonds. The molecule has 2 fully saturated rings. The molecule has 142 valence electrons. The number of rotatable bonds is 1. The van der Waals surface area contributed by atoms with Crippen molar-refractivity contribution < 1.29 is 9.18 Å². The Morgan fingerprint density at radius 3 is 2.81 bits per heavy atom. The lowest BCUT2D eigenvalue weighted by Gasteiger charge is -2.58. The summed E-state index contributed by atoms with van der Waals surface area (Å²) in [6.45, 7) is 4.63. The minimum absolute atomic E-state index is 0.116. The van der Waals surface area contributed by atoms with Crippen LogP contribution in [0.2, 0.25) is 0 Å². The zero-order chi connectivity index (χ0) is 18.8. The maximum Gasteiger partial charge on any atom is 0.155 e. The smallest absolute Gasteiger partial charge is 0.155 e. The van der Waals surface area contributed by atoms with Crippen molar-refractivity contribution in [2.45, 2.75) is 58.5 Å². The monoisotopic (exact) mass is 365 g/mol. The molecule has 0 N–H and O–H groups in total. The van der Waals surface area contributed by atoms with Crippen molar-refractivity contribution in [2.75, 3.05) is 0 Å². The molecule has 0 radical (unpaired) electrons. The second-order valence-electron chi connectivity index (χ2n) is 9.61. The van der Waals surface area contributed by atoms with E-state index in [4.69, 9.17) is 0 Å². The van der Waals surface area contributed by atoms with E-state index in [1.54, 1.807) is 6.08 Å². The van der Waals surface area contributed by atoms with Crippen molar-refractivity contribution in [3.8, 4) is 0 Å². The molecule has 0 unspecified atom stereocenters. The fourth-order valence-electron chi connectivity index (χ4n) is 7.10. The lowest BCUT2D eigenvalue weighted by Crippen LogP contribution is -2.52. The number of fused-ring (bicyclic) bond motifs is 5. The molecular formula is C24H28FNO. The van der Waals surface area contributed by atoms with Crippen molar-refractivity contribution in [2.24, 2.45) is 28.6 Å². The minimum atomic E-state index is -0.953. The summed E-state index contributed by atoms with van der Waals surface area (Å²) in [5.74, 6) is 1.52. The molecule has 1 aromatic rings. The fraction of sp³-hybridized carbons (Fsp3) is 0.583. The third-order valence-electron chi connectivity index (χ3n) is 8.49. The third kappa shape index (κ3) is 2.36. The van der Waals surface area contributed by atoms with E-state index >= 15 is 4.39 Å². The van der Waals surface area contributed by atoms with Crippen LogP contribution in [0.3, 0.4) is 0 Å². The van der Waals surface area contributed by atoms with Crippen molar-refractivity contribution in [3.05, 3.63) is 47.8 Å². The van der Waals surface area contributed by atoms with Crippen LogP contribution in [-0.2, 0) is 4.79 Å². The van der Waals surface area contributed by atoms with E-state index in [1.165, 1.54) is 11.1 Å². The zero-order valence-electron chi connectivity index (χ0n) is 16.2. The number of halogens is 1. The van der Waals surface area contributed by atoms with E-state index in [0.29, 0.717) is 30.6 Å². The Balaban J connectivity index is 1.51. The van der Waals surface area contributed by atoms with E-state index < -0.39 is 6.17 Å². The summed E-state index contributed by atoms with van der Waals surface area (Å²) in [7, 11) is 0. The molecule has 5 rings (SSSR count). The average molecular weight is 365 g/mol. The summed E-state index contributed by atoms with van der Waals surface area (Å²) in [5.41, 5.74) is 3.44. The molecule has 0 aromatic carbocycles. The summed E-state index contributed by atoms with van der Waals surface area (Å²) in [4.78, 5) is 16.3. The van der Waals surface area contributed by atoms with Crippen LogP contribution in [0.15, 0.2) is 42.3 Å². The lowest BCUT2D eigenvalue weighted by atomic mass is 9.46. The third-order valence-corrected chi connectivity index (χ3v) is 8.49. The van der Waals surface area contributed by atoms with Crippen LogP contribution in [0.4, 0.5) is 4.39 Å². The van der Waals surface area contributed by atoms with Crippen LogP contribution in [0.25, 0.3) is 5.57 Å². The Morgan fingerprint density at radius 2 is 2.04 bits per heavy atom. The molecule has 6 atom stereocenters. The summed E-state index contributed by atoms with van der Waals surface area (Å²) in [5, 5.41) is 0. The van der Waals surface area contributed by atoms with Gasteiger partial charge in [0.05, 0.1) is 0 Å². The highest BCUT2D eigenvalue weighted by molar-refractivity contribution is 5.92. The van der Waals surface area contributed by atoms with Gasteiger partial charge < -0.3 is 0 Å². The first kappa shape index (κ1) is 17.3. The number of carbonyl (C=O) groups excluding carboxylic acids is 1. The maximum absolute atomic E-state index is 15.3. The molecular weight excluding hydrogens is 337 g/mol. The molecule has 27 heavy (non-hydrogen) atoms. The topological polar surface area (TPSA) is 30.0 Å². The van der Waals surface area contributed by atoms with Gasteiger partial charge in [-0.05, 0) is 89.5 Å². The number of carbonyl (C=O) groups is 1. The molecule has 0 spiro atoms. The maximum atomic E-state index is 15.3. The number of alkyl halides is 1. The van der Waals surface area contributed by atoms with Gasteiger partial charge in [0.25, 0.3) is 0 Å². The number of hydrogen-bond donors (Lipinski definition) is 0. The van der Waals surface area contributed by atoms with Crippen molar-refractivity contribution in [1.29, 1.82) is 0 Å². The van der Waals surface area contributed by atoms with E-state index in [2.05, 4.69) is 31.0 Å². The molecule has 4 aliphatic rings. The molecule has 2 saturated carbocycles. The van der Waals surface area contributed by atoms with Gasteiger partial charge in [0, 0.05) is 18.8 Å². The molecule has 0 aliphatic heterocycles. The first-order valence-electron chi connectivity index (χ1n) is 10.4. The van der Waals surface area contributed by atoms with Crippen LogP contribution in [0.5, 0.6) is 0 Å². The van der Waals surface area contributed by atoms with Crippen LogP contribution in [-0.4, -0.2) is 16.9 Å². The van der Waals surface area contributed by atoms with Gasteiger partial charge in [-0.1, -0.05) is 26.0 Å². The highest BCUT2D eigenvalue weighted by atomic mass is 19.1. The summed E-state index contributed by atoms with van der Waals surface area (Å²) in [6, 6.07) is 4.17. The van der Waals surface area contributed by atoms with E-state index in [1.807, 2.05) is 18.5 Å². The predicted molar refractivity (Wildman–Crippen MR) is 105 cm³/mol. The number of pyridine rings is 1. The van der Waals surface area contributed by atoms with Gasteiger partial charge >= 0.3 is 0 Å². The van der Waals surface area contributed by atoms with Crippen LogP contribution in [0.1, 0.15) is 57.9 Å². The first-order chi connectivity index (χ1) is 12.9. The van der Waals surface area contributed by atoms with E-state index in [-0.39, 0.29) is 16.6 Å². The highest BCUT2D eigenvalue weighted by Gasteiger charge is 2.59. The number of nitrogens with zero attached hydrogens (tertiary/aromatic N) is 1. The van der Waals surface area contributed by atoms with Gasteiger partial charge in [0.15, 0.2) is 5.78 Å². The molecule has 3 heteroatoms. The number of aromatic nitrogens is 1. The summed E-state index contributed by atoms with van der Waals surface area (Å²) < 4.78 is 15.3. The Bertz CT molecular complexity index is 843. The molecule has 0 saturated heterocycles. The first-order valence-corrected chi connectivity index (χ1v) is 10.4. The molecule has 1 aromatic heterocycles. The van der Waals surface area contributed by atoms with Crippen LogP contribution < -0.4 is 0 Å². The SMILES string of the molecule is C[C@]12CCC(=O)C=C1[C@H](F)C[C@@H]1[C@@H]2CC[C@]2(C)C(c3cccnc3)=CC[C@@H]12. The van der Waals surface area contributed by atoms with Gasteiger partial charge in [0.1, 0.15) is 6.17 Å². The van der Waals surface area contributed by atoms with Crippen molar-refractivity contribution in [3.63, 3.8) is 0 Å². The second kappa shape index (κ2) is 5.86. The Morgan fingerprint density at radius 1 is 1.19 bits per heavy atom. The molecule has 4 aliphatic carbocycles. The number of ketones is 1. The average Bonchev–Trinajstić information content (AvgIpc) is 3.01. The van der Waals surface area contributed by atoms with Crippen LogP contribution in [0, 0.1) is 28.6 Å². The Kier molecular flexibility index (Phi) is 3.76. The quantitative estimate of drug-likeness (QED) is 0.652. The Hall–Kier alpha value is -1.77. The molecule has 1 heterocycles.